The largest absolute Gasteiger partial charge is 0.462 e. The molecule has 0 aromatic carbocycles. The molecule has 2 nitrogen and oxygen atoms in total. The maximum absolute atomic E-state index is 12.4. The summed E-state index contributed by atoms with van der Waals surface area (Å²) in [4.78, 5) is 12.4. The molecule has 0 amide bonds. The lowest BCUT2D eigenvalue weighted by Crippen LogP contribution is -2.18. The molecule has 1 unspecified atom stereocenters. The summed E-state index contributed by atoms with van der Waals surface area (Å²) in [7, 11) is 0. The third kappa shape index (κ3) is 28.0. The number of carbonyl (C=O) groups is 1. The number of rotatable bonds is 30. The van der Waals surface area contributed by atoms with Crippen LogP contribution in [0.2, 0.25) is 0 Å². The molecule has 0 aliphatic heterocycles. The highest BCUT2D eigenvalue weighted by molar-refractivity contribution is 5.69. The summed E-state index contributed by atoms with van der Waals surface area (Å²) in [5.74, 6) is 0.0571. The molecule has 0 aromatic rings. The maximum atomic E-state index is 12.4. The second-order valence-corrected chi connectivity index (χ2v) is 11.6. The molecular formula is C34H68O2. The Morgan fingerprint density at radius 1 is 0.417 bits per heavy atom. The van der Waals surface area contributed by atoms with Gasteiger partial charge < -0.3 is 4.74 Å². The van der Waals surface area contributed by atoms with Crippen LogP contribution in [0.1, 0.15) is 207 Å². The van der Waals surface area contributed by atoms with E-state index in [4.69, 9.17) is 4.74 Å². The molecule has 0 spiro atoms. The van der Waals surface area contributed by atoms with Gasteiger partial charge in [-0.1, -0.05) is 175 Å². The van der Waals surface area contributed by atoms with Crippen molar-refractivity contribution in [3.8, 4) is 0 Å². The monoisotopic (exact) mass is 509 g/mol. The first-order valence-electron chi connectivity index (χ1n) is 16.9. The number of hydrogen-bond acceptors (Lipinski definition) is 2. The van der Waals surface area contributed by atoms with Crippen molar-refractivity contribution in [2.45, 2.75) is 213 Å². The smallest absolute Gasteiger partial charge is 0.306 e. The van der Waals surface area contributed by atoms with E-state index in [1.165, 1.54) is 161 Å². The zero-order valence-electron chi connectivity index (χ0n) is 25.4. The lowest BCUT2D eigenvalue weighted by atomic mass is 10.0. The Balaban J connectivity index is 3.59. The van der Waals surface area contributed by atoms with Crippen LogP contribution in [0.15, 0.2) is 0 Å². The fourth-order valence-corrected chi connectivity index (χ4v) is 5.26. The van der Waals surface area contributed by atoms with Crippen molar-refractivity contribution in [2.75, 3.05) is 0 Å². The van der Waals surface area contributed by atoms with E-state index in [0.29, 0.717) is 6.42 Å². The summed E-state index contributed by atoms with van der Waals surface area (Å²) in [6, 6.07) is 0. The van der Waals surface area contributed by atoms with E-state index in [1.807, 2.05) is 0 Å². The fourth-order valence-electron chi connectivity index (χ4n) is 5.26. The van der Waals surface area contributed by atoms with E-state index in [1.54, 1.807) is 0 Å². The van der Waals surface area contributed by atoms with E-state index < -0.39 is 0 Å². The Hall–Kier alpha value is -0.530. The second-order valence-electron chi connectivity index (χ2n) is 11.6. The SMILES string of the molecule is CCCCCCCCCCCCCCCCCC(=O)OC(CCCC)CCCCCCCCCCC. The number of esters is 1. The molecule has 0 fully saturated rings. The molecule has 0 aliphatic carbocycles. The molecule has 1 atom stereocenters. The summed E-state index contributed by atoms with van der Waals surface area (Å²) < 4.78 is 5.90. The molecule has 0 heterocycles. The first-order valence-corrected chi connectivity index (χ1v) is 16.9. The van der Waals surface area contributed by atoms with Gasteiger partial charge in [-0.3, -0.25) is 4.79 Å². The Bertz CT molecular complexity index is 419. The topological polar surface area (TPSA) is 26.3 Å². The van der Waals surface area contributed by atoms with Crippen LogP contribution in [-0.4, -0.2) is 12.1 Å². The fraction of sp³-hybridized carbons (Fsp3) is 0.971. The van der Waals surface area contributed by atoms with Crippen molar-refractivity contribution >= 4 is 5.97 Å². The van der Waals surface area contributed by atoms with Crippen molar-refractivity contribution in [3.63, 3.8) is 0 Å². The van der Waals surface area contributed by atoms with E-state index in [0.717, 1.165) is 19.3 Å². The normalized spacial score (nSPS) is 12.2. The molecule has 0 saturated carbocycles. The quantitative estimate of drug-likeness (QED) is 0.0712. The van der Waals surface area contributed by atoms with Crippen LogP contribution in [0, 0.1) is 0 Å². The summed E-state index contributed by atoms with van der Waals surface area (Å²) in [5.41, 5.74) is 0. The van der Waals surface area contributed by atoms with Gasteiger partial charge in [-0.15, -0.1) is 0 Å². The molecular weight excluding hydrogens is 440 g/mol. The standard InChI is InChI=1S/C34H68O2/c1-4-7-10-12-14-16-17-18-19-20-21-23-25-27-29-32-34(35)36-33(30-9-6-3)31-28-26-24-22-15-13-11-8-5-2/h33H,4-32H2,1-3H3. The molecule has 0 radical (unpaired) electrons. The van der Waals surface area contributed by atoms with Gasteiger partial charge >= 0.3 is 5.97 Å². The van der Waals surface area contributed by atoms with E-state index >= 15 is 0 Å². The van der Waals surface area contributed by atoms with Crippen LogP contribution in [0.4, 0.5) is 0 Å². The molecule has 2 heteroatoms. The Morgan fingerprint density at radius 2 is 0.722 bits per heavy atom. The van der Waals surface area contributed by atoms with Gasteiger partial charge in [-0.2, -0.15) is 0 Å². The van der Waals surface area contributed by atoms with Crippen LogP contribution in [0.3, 0.4) is 0 Å². The molecule has 0 saturated heterocycles. The van der Waals surface area contributed by atoms with Gasteiger partial charge in [-0.05, 0) is 25.7 Å². The van der Waals surface area contributed by atoms with E-state index in [-0.39, 0.29) is 12.1 Å². The van der Waals surface area contributed by atoms with Gasteiger partial charge in [0, 0.05) is 6.42 Å². The lowest BCUT2D eigenvalue weighted by Gasteiger charge is -2.18. The van der Waals surface area contributed by atoms with Crippen molar-refractivity contribution in [1.82, 2.24) is 0 Å². The summed E-state index contributed by atoms with van der Waals surface area (Å²) in [6.07, 6.45) is 37.9. The molecule has 0 N–H and O–H groups in total. The zero-order valence-corrected chi connectivity index (χ0v) is 25.4. The third-order valence-electron chi connectivity index (χ3n) is 7.79. The highest BCUT2D eigenvalue weighted by atomic mass is 16.5. The van der Waals surface area contributed by atoms with Gasteiger partial charge in [0.25, 0.3) is 0 Å². The Labute approximate surface area is 228 Å². The van der Waals surface area contributed by atoms with Crippen molar-refractivity contribution in [1.29, 1.82) is 0 Å². The van der Waals surface area contributed by atoms with E-state index in [9.17, 15) is 4.79 Å². The first kappa shape index (κ1) is 35.5. The van der Waals surface area contributed by atoms with Crippen LogP contribution >= 0.6 is 0 Å². The Kier molecular flexibility index (Phi) is 30.2. The van der Waals surface area contributed by atoms with Gasteiger partial charge in [0.15, 0.2) is 0 Å². The second kappa shape index (κ2) is 30.7. The van der Waals surface area contributed by atoms with Crippen LogP contribution in [0.5, 0.6) is 0 Å². The molecule has 0 aliphatic rings. The van der Waals surface area contributed by atoms with Crippen molar-refractivity contribution < 1.29 is 9.53 Å². The number of carbonyl (C=O) groups excluding carboxylic acids is 1. The van der Waals surface area contributed by atoms with Crippen LogP contribution < -0.4 is 0 Å². The van der Waals surface area contributed by atoms with Crippen molar-refractivity contribution in [2.24, 2.45) is 0 Å². The molecule has 0 aromatic heterocycles. The van der Waals surface area contributed by atoms with Crippen LogP contribution in [0.25, 0.3) is 0 Å². The zero-order chi connectivity index (χ0) is 26.4. The number of hydrogen-bond donors (Lipinski definition) is 0. The maximum Gasteiger partial charge on any atom is 0.306 e. The van der Waals surface area contributed by atoms with E-state index in [2.05, 4.69) is 20.8 Å². The number of unbranched alkanes of at least 4 members (excludes halogenated alkanes) is 23. The minimum Gasteiger partial charge on any atom is -0.462 e. The minimum atomic E-state index is 0.0571. The van der Waals surface area contributed by atoms with Crippen LogP contribution in [-0.2, 0) is 9.53 Å². The summed E-state index contributed by atoms with van der Waals surface area (Å²) in [6.45, 7) is 6.80. The number of ether oxygens (including phenoxy) is 1. The molecule has 0 bridgehead atoms. The highest BCUT2D eigenvalue weighted by Crippen LogP contribution is 2.18. The molecule has 36 heavy (non-hydrogen) atoms. The average molecular weight is 509 g/mol. The Morgan fingerprint density at radius 3 is 1.11 bits per heavy atom. The van der Waals surface area contributed by atoms with Gasteiger partial charge in [0.1, 0.15) is 6.10 Å². The minimum absolute atomic E-state index is 0.0571. The van der Waals surface area contributed by atoms with Crippen molar-refractivity contribution in [3.05, 3.63) is 0 Å². The highest BCUT2D eigenvalue weighted by Gasteiger charge is 2.13. The first-order chi connectivity index (χ1) is 17.7. The predicted octanol–water partition coefficient (Wildman–Crippen LogP) is 12.3. The summed E-state index contributed by atoms with van der Waals surface area (Å²) in [5, 5.41) is 0. The third-order valence-corrected chi connectivity index (χ3v) is 7.79. The van der Waals surface area contributed by atoms with Gasteiger partial charge in [0.2, 0.25) is 0 Å². The van der Waals surface area contributed by atoms with Gasteiger partial charge in [-0.25, -0.2) is 0 Å². The lowest BCUT2D eigenvalue weighted by molar-refractivity contribution is -0.150. The molecule has 0 rings (SSSR count). The average Bonchev–Trinajstić information content (AvgIpc) is 2.88. The molecule has 216 valence electrons. The summed E-state index contributed by atoms with van der Waals surface area (Å²) >= 11 is 0. The predicted molar refractivity (Wildman–Crippen MR) is 161 cm³/mol. The van der Waals surface area contributed by atoms with Gasteiger partial charge in [0.05, 0.1) is 0 Å².